The molecule has 3 rings (SSSR count). The summed E-state index contributed by atoms with van der Waals surface area (Å²) in [5.74, 6) is 0.806. The Kier molecular flexibility index (Phi) is 4.10. The first-order valence-electron chi connectivity index (χ1n) is 7.03. The molecule has 23 heavy (non-hydrogen) atoms. The van der Waals surface area contributed by atoms with Crippen molar-refractivity contribution in [2.24, 2.45) is 0 Å². The second-order valence-electron chi connectivity index (χ2n) is 5.03. The lowest BCUT2D eigenvalue weighted by Gasteiger charge is -2.06. The lowest BCUT2D eigenvalue weighted by Crippen LogP contribution is -2.10. The molecule has 0 fully saturated rings. The summed E-state index contributed by atoms with van der Waals surface area (Å²) >= 11 is 0. The molecule has 0 aliphatic heterocycles. The van der Waals surface area contributed by atoms with Gasteiger partial charge in [-0.2, -0.15) is 0 Å². The largest absolute Gasteiger partial charge is 0.457 e. The van der Waals surface area contributed by atoms with Crippen LogP contribution >= 0.6 is 0 Å². The topological polar surface area (TPSA) is 61.6 Å². The molecule has 1 aromatic carbocycles. The van der Waals surface area contributed by atoms with E-state index in [-0.39, 0.29) is 6.79 Å². The SMILES string of the molecule is C=C(C)C(=O)OCOc1ccc2cc(-c3cccnc3)oc2c1. The molecule has 5 heteroatoms. The first-order chi connectivity index (χ1) is 11.1. The number of benzene rings is 1. The second-order valence-corrected chi connectivity index (χ2v) is 5.03. The van der Waals surface area contributed by atoms with Crippen LogP contribution in [0.5, 0.6) is 5.75 Å². The predicted octanol–water partition coefficient (Wildman–Crippen LogP) is 3.95. The number of ether oxygens (including phenoxy) is 2. The normalized spacial score (nSPS) is 10.5. The molecule has 0 unspecified atom stereocenters. The molecule has 0 saturated heterocycles. The molecule has 0 bridgehead atoms. The van der Waals surface area contributed by atoms with Crippen molar-refractivity contribution in [1.29, 1.82) is 0 Å². The van der Waals surface area contributed by atoms with E-state index in [1.807, 2.05) is 24.3 Å². The molecular weight excluding hydrogens is 294 g/mol. The minimum atomic E-state index is -0.483. The highest BCUT2D eigenvalue weighted by molar-refractivity contribution is 5.87. The zero-order chi connectivity index (χ0) is 16.2. The van der Waals surface area contributed by atoms with E-state index in [2.05, 4.69) is 11.6 Å². The van der Waals surface area contributed by atoms with Crippen molar-refractivity contribution in [2.45, 2.75) is 6.92 Å². The molecule has 116 valence electrons. The Morgan fingerprint density at radius 1 is 1.30 bits per heavy atom. The van der Waals surface area contributed by atoms with Gasteiger partial charge >= 0.3 is 5.97 Å². The van der Waals surface area contributed by atoms with E-state index in [1.54, 1.807) is 31.5 Å². The first kappa shape index (κ1) is 14.8. The van der Waals surface area contributed by atoms with Gasteiger partial charge in [-0.25, -0.2) is 4.79 Å². The summed E-state index contributed by atoms with van der Waals surface area (Å²) < 4.78 is 16.1. The fourth-order valence-corrected chi connectivity index (χ4v) is 2.03. The Bertz CT molecular complexity index is 852. The third-order valence-corrected chi connectivity index (χ3v) is 3.20. The molecule has 2 aromatic heterocycles. The van der Waals surface area contributed by atoms with Gasteiger partial charge in [0.1, 0.15) is 17.1 Å². The predicted molar refractivity (Wildman–Crippen MR) is 85.8 cm³/mol. The lowest BCUT2D eigenvalue weighted by molar-refractivity contribution is -0.145. The van der Waals surface area contributed by atoms with Gasteiger partial charge in [-0.1, -0.05) is 6.58 Å². The average molecular weight is 309 g/mol. The van der Waals surface area contributed by atoms with Crippen molar-refractivity contribution in [3.05, 3.63) is 60.9 Å². The molecule has 0 atom stereocenters. The molecule has 0 amide bonds. The Balaban J connectivity index is 1.74. The van der Waals surface area contributed by atoms with Gasteiger partial charge in [0, 0.05) is 35.0 Å². The first-order valence-corrected chi connectivity index (χ1v) is 7.03. The summed E-state index contributed by atoms with van der Waals surface area (Å²) in [6.45, 7) is 4.91. The number of carbonyl (C=O) groups excluding carboxylic acids is 1. The smallest absolute Gasteiger partial charge is 0.335 e. The van der Waals surface area contributed by atoms with Gasteiger partial charge in [0.25, 0.3) is 0 Å². The fraction of sp³-hybridized carbons (Fsp3) is 0.111. The van der Waals surface area contributed by atoms with E-state index in [4.69, 9.17) is 13.9 Å². The van der Waals surface area contributed by atoms with Gasteiger partial charge in [-0.3, -0.25) is 4.98 Å². The summed E-state index contributed by atoms with van der Waals surface area (Å²) in [4.78, 5) is 15.4. The van der Waals surface area contributed by atoms with Gasteiger partial charge in [0.15, 0.2) is 0 Å². The number of pyridine rings is 1. The van der Waals surface area contributed by atoms with Crippen molar-refractivity contribution in [3.63, 3.8) is 0 Å². The summed E-state index contributed by atoms with van der Waals surface area (Å²) in [5.41, 5.74) is 1.92. The Morgan fingerprint density at radius 2 is 2.17 bits per heavy atom. The van der Waals surface area contributed by atoms with Crippen molar-refractivity contribution in [1.82, 2.24) is 4.98 Å². The lowest BCUT2D eigenvalue weighted by atomic mass is 10.2. The maximum absolute atomic E-state index is 11.3. The second kappa shape index (κ2) is 6.36. The van der Waals surface area contributed by atoms with E-state index in [0.717, 1.165) is 16.7 Å². The fourth-order valence-electron chi connectivity index (χ4n) is 2.03. The van der Waals surface area contributed by atoms with Gasteiger partial charge in [-0.15, -0.1) is 0 Å². The summed E-state index contributed by atoms with van der Waals surface area (Å²) in [5, 5.41) is 0.954. The summed E-state index contributed by atoms with van der Waals surface area (Å²) in [7, 11) is 0. The van der Waals surface area contributed by atoms with Crippen molar-refractivity contribution >= 4 is 16.9 Å². The Labute approximate surface area is 133 Å². The molecule has 3 aromatic rings. The monoisotopic (exact) mass is 309 g/mol. The van der Waals surface area contributed by atoms with E-state index in [0.29, 0.717) is 16.9 Å². The van der Waals surface area contributed by atoms with Gasteiger partial charge in [-0.05, 0) is 37.3 Å². The minimum Gasteiger partial charge on any atom is -0.457 e. The molecule has 5 nitrogen and oxygen atoms in total. The van der Waals surface area contributed by atoms with E-state index < -0.39 is 5.97 Å². The molecule has 0 aliphatic rings. The van der Waals surface area contributed by atoms with Gasteiger partial charge in [0.2, 0.25) is 6.79 Å². The summed E-state index contributed by atoms with van der Waals surface area (Å²) in [6.07, 6.45) is 3.45. The van der Waals surface area contributed by atoms with Crippen LogP contribution < -0.4 is 4.74 Å². The number of hydrogen-bond acceptors (Lipinski definition) is 5. The third-order valence-electron chi connectivity index (χ3n) is 3.20. The van der Waals surface area contributed by atoms with Crippen LogP contribution in [0.1, 0.15) is 6.92 Å². The van der Waals surface area contributed by atoms with Crippen LogP contribution in [0.3, 0.4) is 0 Å². The standard InChI is InChI=1S/C18H15NO4/c1-12(2)18(20)22-11-21-15-6-5-13-8-16(23-17(13)9-15)14-4-3-7-19-10-14/h3-10H,1,11H2,2H3. The van der Waals surface area contributed by atoms with E-state index in [1.165, 1.54) is 0 Å². The molecular formula is C18H15NO4. The van der Waals surface area contributed by atoms with Crippen LogP contribution in [-0.2, 0) is 9.53 Å². The maximum Gasteiger partial charge on any atom is 0.335 e. The van der Waals surface area contributed by atoms with Crippen LogP contribution in [0.2, 0.25) is 0 Å². The Morgan fingerprint density at radius 3 is 2.91 bits per heavy atom. The molecule has 0 spiro atoms. The number of nitrogens with zero attached hydrogens (tertiary/aromatic N) is 1. The highest BCUT2D eigenvalue weighted by Crippen LogP contribution is 2.29. The molecule has 0 aliphatic carbocycles. The average Bonchev–Trinajstić information content (AvgIpc) is 2.98. The molecule has 2 heterocycles. The number of aromatic nitrogens is 1. The molecule has 0 N–H and O–H groups in total. The number of esters is 1. The quantitative estimate of drug-likeness (QED) is 0.406. The maximum atomic E-state index is 11.3. The van der Waals surface area contributed by atoms with Crippen molar-refractivity contribution < 1.29 is 18.7 Å². The van der Waals surface area contributed by atoms with Crippen LogP contribution in [0, 0.1) is 0 Å². The van der Waals surface area contributed by atoms with Crippen LogP contribution in [0.25, 0.3) is 22.3 Å². The van der Waals surface area contributed by atoms with Crippen molar-refractivity contribution in [2.75, 3.05) is 6.79 Å². The highest BCUT2D eigenvalue weighted by atomic mass is 16.7. The van der Waals surface area contributed by atoms with E-state index >= 15 is 0 Å². The number of hydrogen-bond donors (Lipinski definition) is 0. The minimum absolute atomic E-state index is 0.173. The molecule has 0 radical (unpaired) electrons. The third kappa shape index (κ3) is 3.40. The van der Waals surface area contributed by atoms with Gasteiger partial charge in [0.05, 0.1) is 0 Å². The van der Waals surface area contributed by atoms with Crippen molar-refractivity contribution in [3.8, 4) is 17.1 Å². The number of carbonyl (C=O) groups is 1. The van der Waals surface area contributed by atoms with Crippen LogP contribution in [-0.4, -0.2) is 17.7 Å². The van der Waals surface area contributed by atoms with Crippen LogP contribution in [0.15, 0.2) is 65.4 Å². The number of fused-ring (bicyclic) bond motifs is 1. The number of rotatable bonds is 5. The zero-order valence-electron chi connectivity index (χ0n) is 12.6. The molecule has 0 saturated carbocycles. The number of furan rings is 1. The summed E-state index contributed by atoms with van der Waals surface area (Å²) in [6, 6.07) is 11.2. The van der Waals surface area contributed by atoms with Gasteiger partial charge < -0.3 is 13.9 Å². The Hall–Kier alpha value is -3.08. The van der Waals surface area contributed by atoms with E-state index in [9.17, 15) is 4.79 Å². The van der Waals surface area contributed by atoms with Crippen LogP contribution in [0.4, 0.5) is 0 Å². The highest BCUT2D eigenvalue weighted by Gasteiger charge is 2.08. The zero-order valence-corrected chi connectivity index (χ0v) is 12.6.